The molecule has 0 bridgehead atoms. The van der Waals surface area contributed by atoms with Gasteiger partial charge in [0.2, 0.25) is 11.5 Å². The van der Waals surface area contributed by atoms with E-state index in [-0.39, 0.29) is 27.5 Å². The zero-order chi connectivity index (χ0) is 28.0. The molecule has 5 aromatic rings. The molecule has 204 valence electrons. The minimum Gasteiger partial charge on any atom is -0.618 e. The molecule has 0 radical (unpaired) electrons. The van der Waals surface area contributed by atoms with Crippen LogP contribution in [0.3, 0.4) is 0 Å². The minimum absolute atomic E-state index is 0.0419. The number of benzene rings is 1. The SMILES string of the molecule is [O-][n+]1cc(-c2c(-n3cnnn3)ccc(Cl)c2F)ccc1C(CC1CC1)n1cc(-c2ccnc(C(F)(F)F)n2)cn1. The third kappa shape index (κ3) is 4.97. The molecule has 4 heterocycles. The maximum atomic E-state index is 15.2. The van der Waals surface area contributed by atoms with Gasteiger partial charge in [-0.1, -0.05) is 24.4 Å². The van der Waals surface area contributed by atoms with Crippen molar-refractivity contribution in [1.29, 1.82) is 0 Å². The van der Waals surface area contributed by atoms with E-state index >= 15 is 4.39 Å². The van der Waals surface area contributed by atoms with Crippen LogP contribution in [0.2, 0.25) is 5.02 Å². The molecule has 10 nitrogen and oxygen atoms in total. The first-order chi connectivity index (χ1) is 19.2. The van der Waals surface area contributed by atoms with Crippen LogP contribution < -0.4 is 4.73 Å². The van der Waals surface area contributed by atoms with Crippen molar-refractivity contribution in [2.75, 3.05) is 0 Å². The topological polar surface area (TPSA) is 114 Å². The van der Waals surface area contributed by atoms with Gasteiger partial charge in [-0.05, 0) is 47.0 Å². The molecule has 1 saturated carbocycles. The van der Waals surface area contributed by atoms with Crippen LogP contribution >= 0.6 is 11.6 Å². The summed E-state index contributed by atoms with van der Waals surface area (Å²) in [6.07, 6.45) is 4.39. The molecule has 0 amide bonds. The van der Waals surface area contributed by atoms with Crippen LogP contribution in [0.25, 0.3) is 28.1 Å². The van der Waals surface area contributed by atoms with Gasteiger partial charge in [0.1, 0.15) is 12.4 Å². The molecule has 0 N–H and O–H groups in total. The van der Waals surface area contributed by atoms with Gasteiger partial charge in [0.15, 0.2) is 12.0 Å². The van der Waals surface area contributed by atoms with E-state index in [1.54, 1.807) is 29.1 Å². The molecule has 40 heavy (non-hydrogen) atoms. The molecule has 1 aromatic carbocycles. The van der Waals surface area contributed by atoms with Gasteiger partial charge in [0.25, 0.3) is 0 Å². The molecule has 6 rings (SSSR count). The Bertz CT molecular complexity index is 1690. The van der Waals surface area contributed by atoms with Crippen molar-refractivity contribution < 1.29 is 22.3 Å². The number of alkyl halides is 3. The average Bonchev–Trinajstić information content (AvgIpc) is 3.36. The Labute approximate surface area is 228 Å². The minimum atomic E-state index is -4.69. The number of hydrogen-bond acceptors (Lipinski definition) is 7. The number of rotatable bonds is 7. The highest BCUT2D eigenvalue weighted by atomic mass is 35.5. The van der Waals surface area contributed by atoms with Crippen molar-refractivity contribution >= 4 is 11.6 Å². The van der Waals surface area contributed by atoms with Crippen molar-refractivity contribution in [3.05, 3.63) is 89.0 Å². The molecule has 1 aliphatic rings. The monoisotopic (exact) mass is 571 g/mol. The Hall–Kier alpha value is -4.46. The van der Waals surface area contributed by atoms with Gasteiger partial charge in [-0.2, -0.15) is 27.7 Å². The first-order valence-electron chi connectivity index (χ1n) is 12.1. The Morgan fingerprint density at radius 3 is 2.65 bits per heavy atom. The molecule has 15 heteroatoms. The Kier molecular flexibility index (Phi) is 6.41. The average molecular weight is 572 g/mol. The number of halogens is 5. The summed E-state index contributed by atoms with van der Waals surface area (Å²) in [6, 6.07) is 6.91. The van der Waals surface area contributed by atoms with Crippen LogP contribution in [0.1, 0.15) is 36.8 Å². The quantitative estimate of drug-likeness (QED) is 0.156. The van der Waals surface area contributed by atoms with Crippen molar-refractivity contribution in [3.8, 4) is 28.1 Å². The fraction of sp³-hybridized carbons (Fsp3) is 0.240. The van der Waals surface area contributed by atoms with E-state index < -0.39 is 23.9 Å². The lowest BCUT2D eigenvalue weighted by Gasteiger charge is -2.18. The molecule has 1 unspecified atom stereocenters. The van der Waals surface area contributed by atoms with Gasteiger partial charge in [-0.25, -0.2) is 14.4 Å². The van der Waals surface area contributed by atoms with Crippen LogP contribution in [0, 0.1) is 16.9 Å². The fourth-order valence-corrected chi connectivity index (χ4v) is 4.66. The lowest BCUT2D eigenvalue weighted by atomic mass is 10.0. The Balaban J connectivity index is 1.38. The van der Waals surface area contributed by atoms with Gasteiger partial charge in [0.05, 0.1) is 33.7 Å². The summed E-state index contributed by atoms with van der Waals surface area (Å²) in [5.74, 6) is -1.63. The third-order valence-corrected chi connectivity index (χ3v) is 6.91. The summed E-state index contributed by atoms with van der Waals surface area (Å²) < 4.78 is 58.0. The largest absolute Gasteiger partial charge is 0.618 e. The number of hydrogen-bond donors (Lipinski definition) is 0. The van der Waals surface area contributed by atoms with Crippen LogP contribution in [0.15, 0.2) is 61.4 Å². The molecular weight excluding hydrogens is 554 g/mol. The van der Waals surface area contributed by atoms with E-state index in [1.165, 1.54) is 35.5 Å². The molecule has 0 saturated heterocycles. The molecule has 1 aliphatic carbocycles. The molecule has 1 atom stereocenters. The zero-order valence-electron chi connectivity index (χ0n) is 20.4. The predicted molar refractivity (Wildman–Crippen MR) is 132 cm³/mol. The highest BCUT2D eigenvalue weighted by Gasteiger charge is 2.35. The van der Waals surface area contributed by atoms with Gasteiger partial charge in [0, 0.05) is 24.0 Å². The summed E-state index contributed by atoms with van der Waals surface area (Å²) in [5.41, 5.74) is 1.30. The lowest BCUT2D eigenvalue weighted by Crippen LogP contribution is -2.35. The molecule has 0 aliphatic heterocycles. The summed E-state index contributed by atoms with van der Waals surface area (Å²) in [5, 5.41) is 28.6. The van der Waals surface area contributed by atoms with E-state index in [1.807, 2.05) is 0 Å². The molecule has 4 aromatic heterocycles. The van der Waals surface area contributed by atoms with Crippen molar-refractivity contribution in [3.63, 3.8) is 0 Å². The maximum Gasteiger partial charge on any atom is 0.451 e. The summed E-state index contributed by atoms with van der Waals surface area (Å²) in [7, 11) is 0. The van der Waals surface area contributed by atoms with Gasteiger partial charge in [-0.15, -0.1) is 5.10 Å². The third-order valence-electron chi connectivity index (χ3n) is 6.62. The van der Waals surface area contributed by atoms with E-state index in [4.69, 9.17) is 11.6 Å². The normalized spacial score (nSPS) is 14.4. The summed E-state index contributed by atoms with van der Waals surface area (Å²) >= 11 is 6.05. The summed E-state index contributed by atoms with van der Waals surface area (Å²) in [4.78, 5) is 6.92. The van der Waals surface area contributed by atoms with Crippen molar-refractivity contribution in [1.82, 2.24) is 40.0 Å². The number of pyridine rings is 1. The second-order valence-corrected chi connectivity index (χ2v) is 9.75. The first kappa shape index (κ1) is 25.8. The zero-order valence-corrected chi connectivity index (χ0v) is 21.1. The van der Waals surface area contributed by atoms with Crippen LogP contribution in [-0.2, 0) is 6.18 Å². The van der Waals surface area contributed by atoms with Gasteiger partial charge >= 0.3 is 6.18 Å². The van der Waals surface area contributed by atoms with E-state index in [2.05, 4.69) is 30.6 Å². The van der Waals surface area contributed by atoms with Crippen LogP contribution in [-0.4, -0.2) is 40.0 Å². The maximum absolute atomic E-state index is 15.2. The fourth-order valence-electron chi connectivity index (χ4n) is 4.51. The molecular formula is C25H18ClF4N9O. The molecule has 1 fully saturated rings. The number of nitrogens with zero attached hydrogens (tertiary/aromatic N) is 9. The van der Waals surface area contributed by atoms with Crippen LogP contribution in [0.5, 0.6) is 0 Å². The predicted octanol–water partition coefficient (Wildman–Crippen LogP) is 4.82. The van der Waals surface area contributed by atoms with Crippen molar-refractivity contribution in [2.24, 2.45) is 5.92 Å². The Morgan fingerprint density at radius 2 is 1.95 bits per heavy atom. The molecule has 0 spiro atoms. The van der Waals surface area contributed by atoms with Gasteiger partial charge in [-0.3, -0.25) is 4.68 Å². The second kappa shape index (κ2) is 9.93. The second-order valence-electron chi connectivity index (χ2n) is 9.35. The van der Waals surface area contributed by atoms with Gasteiger partial charge < -0.3 is 5.21 Å². The van der Waals surface area contributed by atoms with Crippen molar-refractivity contribution in [2.45, 2.75) is 31.5 Å². The number of tetrazole rings is 1. The van der Waals surface area contributed by atoms with E-state index in [0.717, 1.165) is 19.0 Å². The smallest absolute Gasteiger partial charge is 0.451 e. The van der Waals surface area contributed by atoms with E-state index in [0.29, 0.717) is 28.3 Å². The van der Waals surface area contributed by atoms with E-state index in [9.17, 15) is 18.4 Å². The van der Waals surface area contributed by atoms with Crippen LogP contribution in [0.4, 0.5) is 17.6 Å². The highest BCUT2D eigenvalue weighted by molar-refractivity contribution is 6.31. The highest BCUT2D eigenvalue weighted by Crippen LogP contribution is 2.39. The first-order valence-corrected chi connectivity index (χ1v) is 12.5. The lowest BCUT2D eigenvalue weighted by molar-refractivity contribution is -0.615. The Morgan fingerprint density at radius 1 is 1.12 bits per heavy atom. The standard InChI is InChI=1S/C25H18ClF4N9O/c26-17-4-6-20(38-13-32-35-36-38)22(23(17)27)15-3-5-19(39(40)12-15)21(9-14-1-2-14)37-11-16(10-33-37)18-7-8-31-24(34-18)25(28,29)30/h3-8,10-14,21H,1-2,9H2. The number of aromatic nitrogens is 9. The summed E-state index contributed by atoms with van der Waals surface area (Å²) in [6.45, 7) is 0.